The van der Waals surface area contributed by atoms with E-state index in [1.54, 1.807) is 6.20 Å². The van der Waals surface area contributed by atoms with Crippen LogP contribution in [-0.2, 0) is 4.79 Å². The third-order valence-corrected chi connectivity index (χ3v) is 4.85. The molecule has 3 heterocycles. The molecule has 0 radical (unpaired) electrons. The van der Waals surface area contributed by atoms with Crippen LogP contribution in [0.5, 0.6) is 0 Å². The van der Waals surface area contributed by atoms with Gasteiger partial charge in [-0.3, -0.25) is 9.78 Å². The predicted octanol–water partition coefficient (Wildman–Crippen LogP) is 3.42. The summed E-state index contributed by atoms with van der Waals surface area (Å²) in [6.45, 7) is 1.61. The third-order valence-electron chi connectivity index (χ3n) is 4.85. The maximum absolute atomic E-state index is 11.4. The first-order chi connectivity index (χ1) is 12.2. The van der Waals surface area contributed by atoms with E-state index in [1.807, 2.05) is 30.3 Å². The molecule has 3 aromatic rings. The standard InChI is InChI=1S/C20H20N4O.ClH/c21-20(25)15-8-11-24(12-9-15)18-13-17(14-5-2-1-3-6-14)23-16-7-4-10-22-19(16)18;/h1-7,10,13,15H,8-9,11-12H2,(H2,21,25);1H. The number of pyridine rings is 2. The van der Waals surface area contributed by atoms with Gasteiger partial charge in [0.15, 0.2) is 0 Å². The number of amides is 1. The van der Waals surface area contributed by atoms with Crippen LogP contribution in [-0.4, -0.2) is 29.0 Å². The van der Waals surface area contributed by atoms with Crippen LogP contribution >= 0.6 is 12.4 Å². The molecule has 2 aromatic heterocycles. The zero-order valence-electron chi connectivity index (χ0n) is 14.3. The molecule has 0 unspecified atom stereocenters. The lowest BCUT2D eigenvalue weighted by atomic mass is 9.95. The minimum Gasteiger partial charge on any atom is -0.370 e. The molecule has 1 aromatic carbocycles. The average Bonchev–Trinajstić information content (AvgIpc) is 2.68. The van der Waals surface area contributed by atoms with Crippen molar-refractivity contribution in [3.05, 3.63) is 54.7 Å². The van der Waals surface area contributed by atoms with Crippen molar-refractivity contribution < 1.29 is 4.79 Å². The second kappa shape index (κ2) is 7.70. The zero-order valence-corrected chi connectivity index (χ0v) is 15.2. The molecular weight excluding hydrogens is 348 g/mol. The number of carbonyl (C=O) groups is 1. The van der Waals surface area contributed by atoms with Gasteiger partial charge in [0.05, 0.1) is 16.9 Å². The molecule has 1 aliphatic heterocycles. The van der Waals surface area contributed by atoms with Gasteiger partial charge in [-0.25, -0.2) is 4.98 Å². The van der Waals surface area contributed by atoms with Gasteiger partial charge in [-0.2, -0.15) is 0 Å². The Morgan fingerprint density at radius 3 is 2.50 bits per heavy atom. The molecule has 4 rings (SSSR count). The Hall–Kier alpha value is -2.66. The summed E-state index contributed by atoms with van der Waals surface area (Å²) >= 11 is 0. The van der Waals surface area contributed by atoms with Crippen molar-refractivity contribution >= 4 is 35.0 Å². The van der Waals surface area contributed by atoms with Gasteiger partial charge >= 0.3 is 0 Å². The van der Waals surface area contributed by atoms with Crippen LogP contribution in [0.1, 0.15) is 12.8 Å². The number of piperidine rings is 1. The summed E-state index contributed by atoms with van der Waals surface area (Å²) in [5.74, 6) is -0.215. The van der Waals surface area contributed by atoms with Crippen molar-refractivity contribution in [1.29, 1.82) is 0 Å². The highest BCUT2D eigenvalue weighted by Crippen LogP contribution is 2.32. The second-order valence-electron chi connectivity index (χ2n) is 6.43. The number of fused-ring (bicyclic) bond motifs is 1. The van der Waals surface area contributed by atoms with E-state index in [-0.39, 0.29) is 24.2 Å². The summed E-state index contributed by atoms with van der Waals surface area (Å²) in [5.41, 5.74) is 10.3. The fourth-order valence-corrected chi connectivity index (χ4v) is 3.45. The SMILES string of the molecule is Cl.NC(=O)C1CCN(c2cc(-c3ccccc3)nc3cccnc23)CC1. The van der Waals surface area contributed by atoms with Crippen LogP contribution in [0.25, 0.3) is 22.3 Å². The number of carbonyl (C=O) groups excluding carboxylic acids is 1. The number of primary amides is 1. The van der Waals surface area contributed by atoms with Crippen LogP contribution < -0.4 is 10.6 Å². The minimum atomic E-state index is -0.192. The summed E-state index contributed by atoms with van der Waals surface area (Å²) in [4.78, 5) is 23.1. The molecule has 5 nitrogen and oxygen atoms in total. The van der Waals surface area contributed by atoms with E-state index >= 15 is 0 Å². The van der Waals surface area contributed by atoms with E-state index in [2.05, 4.69) is 28.1 Å². The number of nitrogens with two attached hydrogens (primary N) is 1. The van der Waals surface area contributed by atoms with Crippen molar-refractivity contribution in [3.63, 3.8) is 0 Å². The van der Waals surface area contributed by atoms with Crippen molar-refractivity contribution in [2.24, 2.45) is 11.7 Å². The van der Waals surface area contributed by atoms with E-state index < -0.39 is 0 Å². The monoisotopic (exact) mass is 368 g/mol. The molecule has 1 aliphatic rings. The number of aromatic nitrogens is 2. The number of hydrogen-bond acceptors (Lipinski definition) is 4. The predicted molar refractivity (Wildman–Crippen MR) is 106 cm³/mol. The van der Waals surface area contributed by atoms with Gasteiger partial charge in [-0.05, 0) is 31.0 Å². The Morgan fingerprint density at radius 2 is 1.81 bits per heavy atom. The van der Waals surface area contributed by atoms with Crippen LogP contribution in [0.2, 0.25) is 0 Å². The number of rotatable bonds is 3. The molecule has 0 aliphatic carbocycles. The first kappa shape index (κ1) is 18.1. The number of halogens is 1. The van der Waals surface area contributed by atoms with Gasteiger partial charge in [0.2, 0.25) is 5.91 Å². The summed E-state index contributed by atoms with van der Waals surface area (Å²) in [6.07, 6.45) is 3.37. The van der Waals surface area contributed by atoms with Crippen molar-refractivity contribution in [3.8, 4) is 11.3 Å². The zero-order chi connectivity index (χ0) is 17.2. The van der Waals surface area contributed by atoms with Crippen LogP contribution in [0.4, 0.5) is 5.69 Å². The molecule has 1 amide bonds. The fourth-order valence-electron chi connectivity index (χ4n) is 3.45. The molecule has 134 valence electrons. The first-order valence-corrected chi connectivity index (χ1v) is 8.58. The lowest BCUT2D eigenvalue weighted by Gasteiger charge is -2.33. The topological polar surface area (TPSA) is 72.1 Å². The maximum atomic E-state index is 11.4. The molecule has 0 spiro atoms. The van der Waals surface area contributed by atoms with E-state index in [4.69, 9.17) is 10.7 Å². The molecule has 0 atom stereocenters. The summed E-state index contributed by atoms with van der Waals surface area (Å²) in [5, 5.41) is 0. The van der Waals surface area contributed by atoms with Crippen LogP contribution in [0, 0.1) is 5.92 Å². The first-order valence-electron chi connectivity index (χ1n) is 8.58. The largest absolute Gasteiger partial charge is 0.370 e. The van der Waals surface area contributed by atoms with Crippen LogP contribution in [0.3, 0.4) is 0 Å². The van der Waals surface area contributed by atoms with Crippen LogP contribution in [0.15, 0.2) is 54.7 Å². The fraction of sp³-hybridized carbons (Fsp3) is 0.250. The Bertz CT molecular complexity index is 908. The Balaban J connectivity index is 0.00000196. The van der Waals surface area contributed by atoms with E-state index in [1.165, 1.54) is 0 Å². The molecule has 1 fully saturated rings. The van der Waals surface area contributed by atoms with Gasteiger partial charge in [0, 0.05) is 30.8 Å². The molecule has 0 saturated carbocycles. The normalized spacial score (nSPS) is 14.8. The second-order valence-corrected chi connectivity index (χ2v) is 6.43. The molecule has 1 saturated heterocycles. The van der Waals surface area contributed by atoms with Gasteiger partial charge in [0.1, 0.15) is 5.52 Å². The molecule has 26 heavy (non-hydrogen) atoms. The molecule has 0 bridgehead atoms. The van der Waals surface area contributed by atoms with E-state index in [0.29, 0.717) is 0 Å². The quantitative estimate of drug-likeness (QED) is 0.768. The number of anilines is 1. The molecular formula is C20H21ClN4O. The Kier molecular flexibility index (Phi) is 5.38. The van der Waals surface area contributed by atoms with E-state index in [0.717, 1.165) is 53.9 Å². The molecule has 6 heteroatoms. The number of nitrogens with zero attached hydrogens (tertiary/aromatic N) is 3. The summed E-state index contributed by atoms with van der Waals surface area (Å²) in [7, 11) is 0. The van der Waals surface area contributed by atoms with Crippen molar-refractivity contribution in [1.82, 2.24) is 9.97 Å². The highest BCUT2D eigenvalue weighted by molar-refractivity contribution is 5.91. The smallest absolute Gasteiger partial charge is 0.220 e. The van der Waals surface area contributed by atoms with Gasteiger partial charge in [-0.1, -0.05) is 30.3 Å². The summed E-state index contributed by atoms with van der Waals surface area (Å²) in [6, 6.07) is 16.2. The van der Waals surface area contributed by atoms with Gasteiger partial charge < -0.3 is 10.6 Å². The molecule has 2 N–H and O–H groups in total. The van der Waals surface area contributed by atoms with Gasteiger partial charge in [0.25, 0.3) is 0 Å². The lowest BCUT2D eigenvalue weighted by molar-refractivity contribution is -0.122. The lowest BCUT2D eigenvalue weighted by Crippen LogP contribution is -2.38. The third kappa shape index (κ3) is 3.48. The average molecular weight is 369 g/mol. The van der Waals surface area contributed by atoms with Gasteiger partial charge in [-0.15, -0.1) is 12.4 Å². The number of benzene rings is 1. The maximum Gasteiger partial charge on any atom is 0.220 e. The summed E-state index contributed by atoms with van der Waals surface area (Å²) < 4.78 is 0. The highest BCUT2D eigenvalue weighted by Gasteiger charge is 2.25. The minimum absolute atomic E-state index is 0. The Labute approximate surface area is 158 Å². The number of hydrogen-bond donors (Lipinski definition) is 1. The Morgan fingerprint density at radius 1 is 1.08 bits per heavy atom. The van der Waals surface area contributed by atoms with Crippen molar-refractivity contribution in [2.75, 3.05) is 18.0 Å². The van der Waals surface area contributed by atoms with Crippen molar-refractivity contribution in [2.45, 2.75) is 12.8 Å². The van der Waals surface area contributed by atoms with E-state index in [9.17, 15) is 4.79 Å². The highest BCUT2D eigenvalue weighted by atomic mass is 35.5.